The predicted octanol–water partition coefficient (Wildman–Crippen LogP) is 1.52. The number of nitrogens with two attached hydrogens (primary N) is 1. The van der Waals surface area contributed by atoms with E-state index >= 15 is 0 Å². The summed E-state index contributed by atoms with van der Waals surface area (Å²) in [5.41, 5.74) is 5.21. The van der Waals surface area contributed by atoms with Gasteiger partial charge in [-0.25, -0.2) is 4.68 Å². The van der Waals surface area contributed by atoms with E-state index in [-0.39, 0.29) is 23.1 Å². The van der Waals surface area contributed by atoms with Crippen LogP contribution >= 0.6 is 0 Å². The van der Waals surface area contributed by atoms with Crippen molar-refractivity contribution in [3.63, 3.8) is 0 Å². The minimum atomic E-state index is -0.543. The number of benzene rings is 1. The first-order valence-corrected chi connectivity index (χ1v) is 7.77. The number of amides is 1. The molecule has 0 fully saturated rings. The van der Waals surface area contributed by atoms with Gasteiger partial charge in [-0.2, -0.15) is 5.10 Å². The van der Waals surface area contributed by atoms with E-state index < -0.39 is 5.54 Å². The van der Waals surface area contributed by atoms with Crippen molar-refractivity contribution in [3.05, 3.63) is 40.3 Å². The van der Waals surface area contributed by atoms with Crippen molar-refractivity contribution in [2.75, 3.05) is 6.54 Å². The Kier molecular flexibility index (Phi) is 4.85. The number of carbonyl (C=O) groups excluding carboxylic acids is 1. The zero-order valence-electron chi connectivity index (χ0n) is 14.1. The van der Waals surface area contributed by atoms with E-state index in [0.29, 0.717) is 23.9 Å². The number of carbonyl (C=O) groups is 1. The van der Waals surface area contributed by atoms with Crippen molar-refractivity contribution < 1.29 is 4.79 Å². The minimum absolute atomic E-state index is 0.177. The van der Waals surface area contributed by atoms with Crippen LogP contribution in [-0.4, -0.2) is 27.8 Å². The largest absolute Gasteiger partial charge is 0.344 e. The van der Waals surface area contributed by atoms with Gasteiger partial charge in [-0.3, -0.25) is 9.59 Å². The smallest absolute Gasteiger partial charge is 0.274 e. The molecule has 0 bridgehead atoms. The molecule has 0 saturated heterocycles. The Hall–Kier alpha value is -2.21. The van der Waals surface area contributed by atoms with Crippen LogP contribution < -0.4 is 16.6 Å². The summed E-state index contributed by atoms with van der Waals surface area (Å²) < 4.78 is 1.37. The number of hydrogen-bond acceptors (Lipinski definition) is 4. The molecule has 1 aromatic heterocycles. The van der Waals surface area contributed by atoms with E-state index in [1.807, 2.05) is 27.7 Å². The van der Waals surface area contributed by atoms with Crippen molar-refractivity contribution in [1.82, 2.24) is 15.1 Å². The third-order valence-corrected chi connectivity index (χ3v) is 3.58. The maximum atomic E-state index is 12.6. The van der Waals surface area contributed by atoms with Gasteiger partial charge in [-0.1, -0.05) is 32.0 Å². The number of nitrogens with zero attached hydrogens (tertiary/aromatic N) is 2. The molecule has 3 N–H and O–H groups in total. The summed E-state index contributed by atoms with van der Waals surface area (Å²) in [5, 5.41) is 8.24. The third kappa shape index (κ3) is 3.76. The summed E-state index contributed by atoms with van der Waals surface area (Å²) in [7, 11) is 0. The molecule has 0 unspecified atom stereocenters. The van der Waals surface area contributed by atoms with E-state index in [1.165, 1.54) is 4.68 Å². The van der Waals surface area contributed by atoms with Crippen LogP contribution in [0.2, 0.25) is 0 Å². The molecule has 6 nitrogen and oxygen atoms in total. The Bertz CT molecular complexity index is 778. The average Bonchev–Trinajstić information content (AvgIpc) is 2.49. The van der Waals surface area contributed by atoms with Crippen molar-refractivity contribution in [2.45, 2.75) is 39.8 Å². The second kappa shape index (κ2) is 6.50. The van der Waals surface area contributed by atoms with E-state index in [4.69, 9.17) is 5.73 Å². The second-order valence-corrected chi connectivity index (χ2v) is 6.82. The fourth-order valence-corrected chi connectivity index (χ4v) is 2.29. The van der Waals surface area contributed by atoms with Gasteiger partial charge in [0.25, 0.3) is 11.5 Å². The zero-order valence-corrected chi connectivity index (χ0v) is 14.1. The standard InChI is InChI=1S/C17H24N4O2/c1-11(2)9-21-16(23)13-8-6-5-7-12(13)14(20-21)15(22)19-17(3,4)10-18/h5-8,11H,9-10,18H2,1-4H3,(H,19,22). The highest BCUT2D eigenvalue weighted by Crippen LogP contribution is 2.14. The fourth-order valence-electron chi connectivity index (χ4n) is 2.29. The fraction of sp³-hybridized carbons (Fsp3) is 0.471. The molecular weight excluding hydrogens is 292 g/mol. The van der Waals surface area contributed by atoms with Crippen LogP contribution in [-0.2, 0) is 6.54 Å². The predicted molar refractivity (Wildman–Crippen MR) is 91.4 cm³/mol. The number of hydrogen-bond donors (Lipinski definition) is 2. The van der Waals surface area contributed by atoms with Gasteiger partial charge in [0.1, 0.15) is 0 Å². The summed E-state index contributed by atoms with van der Waals surface area (Å²) in [6.07, 6.45) is 0. The first-order chi connectivity index (χ1) is 10.7. The molecule has 1 heterocycles. The quantitative estimate of drug-likeness (QED) is 0.875. The second-order valence-electron chi connectivity index (χ2n) is 6.82. The molecule has 0 aliphatic heterocycles. The molecule has 23 heavy (non-hydrogen) atoms. The number of aromatic nitrogens is 2. The van der Waals surface area contributed by atoms with Gasteiger partial charge in [-0.15, -0.1) is 0 Å². The van der Waals surface area contributed by atoms with Crippen molar-refractivity contribution in [1.29, 1.82) is 0 Å². The minimum Gasteiger partial charge on any atom is -0.344 e. The topological polar surface area (TPSA) is 90.0 Å². The molecular formula is C17H24N4O2. The number of rotatable bonds is 5. The van der Waals surface area contributed by atoms with Gasteiger partial charge in [0, 0.05) is 24.0 Å². The Morgan fingerprint density at radius 1 is 1.30 bits per heavy atom. The van der Waals surface area contributed by atoms with Crippen LogP contribution in [0.25, 0.3) is 10.8 Å². The summed E-state index contributed by atoms with van der Waals surface area (Å²) in [4.78, 5) is 25.2. The Balaban J connectivity index is 2.60. The van der Waals surface area contributed by atoms with Crippen molar-refractivity contribution in [3.8, 4) is 0 Å². The molecule has 0 aliphatic rings. The van der Waals surface area contributed by atoms with Gasteiger partial charge in [0.05, 0.1) is 5.39 Å². The van der Waals surface area contributed by atoms with E-state index in [1.54, 1.807) is 24.3 Å². The van der Waals surface area contributed by atoms with Crippen molar-refractivity contribution >= 4 is 16.7 Å². The monoisotopic (exact) mass is 316 g/mol. The lowest BCUT2D eigenvalue weighted by molar-refractivity contribution is 0.0909. The maximum absolute atomic E-state index is 12.6. The van der Waals surface area contributed by atoms with Crippen LogP contribution in [0.15, 0.2) is 29.1 Å². The molecule has 0 atom stereocenters. The molecule has 2 aromatic rings. The lowest BCUT2D eigenvalue weighted by atomic mass is 10.0. The van der Waals surface area contributed by atoms with E-state index in [2.05, 4.69) is 10.4 Å². The molecule has 0 saturated carbocycles. The van der Waals surface area contributed by atoms with Gasteiger partial charge in [-0.05, 0) is 25.8 Å². The Morgan fingerprint density at radius 2 is 1.91 bits per heavy atom. The molecule has 0 radical (unpaired) electrons. The van der Waals surface area contributed by atoms with Crippen LogP contribution in [0.4, 0.5) is 0 Å². The van der Waals surface area contributed by atoms with Gasteiger partial charge in [0.15, 0.2) is 5.69 Å². The van der Waals surface area contributed by atoms with E-state index in [0.717, 1.165) is 0 Å². The summed E-state index contributed by atoms with van der Waals surface area (Å²) in [6, 6.07) is 7.05. The highest BCUT2D eigenvalue weighted by Gasteiger charge is 2.23. The first kappa shape index (κ1) is 17.1. The SMILES string of the molecule is CC(C)Cn1nc(C(=O)NC(C)(C)CN)c2ccccc2c1=O. The van der Waals surface area contributed by atoms with Crippen LogP contribution in [0.1, 0.15) is 38.2 Å². The molecule has 0 aliphatic carbocycles. The third-order valence-electron chi connectivity index (χ3n) is 3.58. The van der Waals surface area contributed by atoms with Crippen LogP contribution in [0, 0.1) is 5.92 Å². The zero-order chi connectivity index (χ0) is 17.2. The van der Waals surface area contributed by atoms with Crippen molar-refractivity contribution in [2.24, 2.45) is 11.7 Å². The van der Waals surface area contributed by atoms with Gasteiger partial charge >= 0.3 is 0 Å². The molecule has 6 heteroatoms. The molecule has 1 aromatic carbocycles. The Labute approximate surface area is 135 Å². The average molecular weight is 316 g/mol. The van der Waals surface area contributed by atoms with Gasteiger partial charge in [0.2, 0.25) is 0 Å². The normalized spacial score (nSPS) is 11.9. The highest BCUT2D eigenvalue weighted by atomic mass is 16.2. The van der Waals surface area contributed by atoms with Gasteiger partial charge < -0.3 is 11.1 Å². The maximum Gasteiger partial charge on any atom is 0.274 e. The molecule has 0 spiro atoms. The Morgan fingerprint density at radius 3 is 2.48 bits per heavy atom. The molecule has 124 valence electrons. The van der Waals surface area contributed by atoms with Crippen LogP contribution in [0.5, 0.6) is 0 Å². The van der Waals surface area contributed by atoms with E-state index in [9.17, 15) is 9.59 Å². The van der Waals surface area contributed by atoms with Crippen LogP contribution in [0.3, 0.4) is 0 Å². The lowest BCUT2D eigenvalue weighted by Crippen LogP contribution is -2.49. The number of fused-ring (bicyclic) bond motifs is 1. The molecule has 2 rings (SSSR count). The summed E-state index contributed by atoms with van der Waals surface area (Å²) in [5.74, 6) is -0.0769. The summed E-state index contributed by atoms with van der Waals surface area (Å²) in [6.45, 7) is 8.46. The summed E-state index contributed by atoms with van der Waals surface area (Å²) >= 11 is 0. The highest BCUT2D eigenvalue weighted by molar-refractivity contribution is 6.05. The molecule has 1 amide bonds. The number of nitrogens with one attached hydrogen (secondary N) is 1. The first-order valence-electron chi connectivity index (χ1n) is 7.77. The lowest BCUT2D eigenvalue weighted by Gasteiger charge is -2.24.